The van der Waals surface area contributed by atoms with Crippen molar-refractivity contribution in [3.63, 3.8) is 0 Å². The molecule has 2 fully saturated rings. The van der Waals surface area contributed by atoms with E-state index in [2.05, 4.69) is 41.0 Å². The molecule has 2 N–H and O–H groups in total. The normalized spacial score (nSPS) is 25.3. The van der Waals surface area contributed by atoms with Gasteiger partial charge in [0.2, 0.25) is 5.91 Å². The van der Waals surface area contributed by atoms with Gasteiger partial charge in [0, 0.05) is 13.1 Å². The number of hydrogen-bond donors (Lipinski definition) is 2. The van der Waals surface area contributed by atoms with E-state index in [-0.39, 0.29) is 23.8 Å². The van der Waals surface area contributed by atoms with Crippen molar-refractivity contribution >= 4 is 28.9 Å². The number of hydrogen-bond acceptors (Lipinski definition) is 4. The summed E-state index contributed by atoms with van der Waals surface area (Å²) >= 11 is 0. The summed E-state index contributed by atoms with van der Waals surface area (Å²) in [6, 6.07) is 7.44. The first-order valence-electron chi connectivity index (χ1n) is 11.0. The molecule has 1 spiro atoms. The highest BCUT2D eigenvalue weighted by molar-refractivity contribution is 6.09. The zero-order chi connectivity index (χ0) is 22.2. The van der Waals surface area contributed by atoms with Gasteiger partial charge in [0.25, 0.3) is 5.91 Å². The molecule has 0 bridgehead atoms. The summed E-state index contributed by atoms with van der Waals surface area (Å²) < 4.78 is 2.05. The zero-order valence-corrected chi connectivity index (χ0v) is 18.5. The van der Waals surface area contributed by atoms with E-state index in [0.29, 0.717) is 25.3 Å². The molecule has 1 aromatic heterocycles. The number of fused-ring (bicyclic) bond motifs is 1. The van der Waals surface area contributed by atoms with Gasteiger partial charge in [-0.2, -0.15) is 0 Å². The van der Waals surface area contributed by atoms with Crippen LogP contribution in [0, 0.1) is 11.3 Å². The number of nitrogens with zero attached hydrogens (tertiary/aromatic N) is 3. The number of para-hydroxylation sites is 2. The number of aromatic nitrogens is 2. The van der Waals surface area contributed by atoms with Crippen LogP contribution in [0.25, 0.3) is 11.0 Å². The van der Waals surface area contributed by atoms with Gasteiger partial charge in [-0.05, 0) is 49.1 Å². The third kappa shape index (κ3) is 4.29. The minimum atomic E-state index is -0.874. The van der Waals surface area contributed by atoms with Crippen molar-refractivity contribution in [2.75, 3.05) is 13.1 Å². The lowest BCUT2D eigenvalue weighted by atomic mass is 9.64. The van der Waals surface area contributed by atoms with E-state index in [4.69, 9.17) is 0 Å². The molecule has 2 aliphatic rings. The van der Waals surface area contributed by atoms with Crippen LogP contribution in [-0.4, -0.2) is 50.9 Å². The fourth-order valence-corrected chi connectivity index (χ4v) is 5.51. The Balaban J connectivity index is 1.29. The quantitative estimate of drug-likeness (QED) is 0.549. The smallest absolute Gasteiger partial charge is 0.325 e. The maximum atomic E-state index is 13.1. The number of benzene rings is 1. The first-order valence-corrected chi connectivity index (χ1v) is 11.0. The Labute approximate surface area is 182 Å². The Morgan fingerprint density at radius 3 is 2.81 bits per heavy atom. The molecule has 1 saturated heterocycles. The van der Waals surface area contributed by atoms with E-state index in [0.717, 1.165) is 35.3 Å². The third-order valence-corrected chi connectivity index (χ3v) is 6.35. The van der Waals surface area contributed by atoms with Gasteiger partial charge in [0.05, 0.1) is 17.4 Å². The third-order valence-electron chi connectivity index (χ3n) is 6.35. The summed E-state index contributed by atoms with van der Waals surface area (Å²) in [6.45, 7) is 7.31. The van der Waals surface area contributed by atoms with Crippen molar-refractivity contribution in [3.05, 3.63) is 30.6 Å². The molecule has 4 rings (SSSR count). The number of imidazole rings is 1. The predicted octanol–water partition coefficient (Wildman–Crippen LogP) is 2.68. The molecule has 1 aromatic carbocycles. The van der Waals surface area contributed by atoms with E-state index in [1.165, 1.54) is 0 Å². The van der Waals surface area contributed by atoms with Crippen LogP contribution in [0.15, 0.2) is 30.6 Å². The van der Waals surface area contributed by atoms with Gasteiger partial charge in [-0.15, -0.1) is 0 Å². The Kier molecular flexibility index (Phi) is 5.49. The number of carbonyl (C=O) groups excluding carboxylic acids is 3. The molecule has 2 heterocycles. The van der Waals surface area contributed by atoms with E-state index in [9.17, 15) is 14.4 Å². The average molecular weight is 426 g/mol. The Morgan fingerprint density at radius 2 is 2.03 bits per heavy atom. The first-order chi connectivity index (χ1) is 14.7. The van der Waals surface area contributed by atoms with Gasteiger partial charge in [-0.3, -0.25) is 14.5 Å². The van der Waals surface area contributed by atoms with Crippen LogP contribution in [0.4, 0.5) is 4.79 Å². The van der Waals surface area contributed by atoms with Gasteiger partial charge in [-0.25, -0.2) is 9.78 Å². The summed E-state index contributed by atoms with van der Waals surface area (Å²) in [6.07, 6.45) is 4.77. The summed E-state index contributed by atoms with van der Waals surface area (Å²) in [5.74, 6) is -0.252. The second-order valence-electron chi connectivity index (χ2n) is 9.89. The number of urea groups is 1. The summed E-state index contributed by atoms with van der Waals surface area (Å²) in [7, 11) is 0. The predicted molar refractivity (Wildman–Crippen MR) is 117 cm³/mol. The minimum Gasteiger partial charge on any atom is -0.354 e. The lowest BCUT2D eigenvalue weighted by molar-refractivity contribution is -0.137. The lowest BCUT2D eigenvalue weighted by Gasteiger charge is -2.43. The monoisotopic (exact) mass is 425 g/mol. The number of amides is 4. The second kappa shape index (κ2) is 7.98. The van der Waals surface area contributed by atoms with Crippen LogP contribution in [0.2, 0.25) is 0 Å². The molecule has 8 nitrogen and oxygen atoms in total. The number of aryl methyl sites for hydroxylation is 1. The number of nitrogens with one attached hydrogen (secondary N) is 2. The number of imide groups is 1. The van der Waals surface area contributed by atoms with Gasteiger partial charge in [0.1, 0.15) is 12.1 Å². The SMILES string of the molecule is CC1CC(C)(C)CC2(C1)NC(=O)N(CC(=O)NCCCn1cnc3ccccc31)C2=O. The standard InChI is InChI=1S/C23H31N5O3/c1-16-11-22(2,3)14-23(12-16)20(30)28(21(31)26-23)13-19(29)24-9-6-10-27-15-25-17-7-4-5-8-18(17)27/h4-5,7-8,15-16H,6,9-14H2,1-3H3,(H,24,29)(H,26,31). The second-order valence-corrected chi connectivity index (χ2v) is 9.89. The van der Waals surface area contributed by atoms with E-state index in [1.807, 2.05) is 24.3 Å². The highest BCUT2D eigenvalue weighted by Gasteiger charge is 2.56. The molecule has 8 heteroatoms. The topological polar surface area (TPSA) is 96.3 Å². The van der Waals surface area contributed by atoms with Crippen molar-refractivity contribution in [2.45, 2.75) is 58.5 Å². The molecule has 1 aliphatic heterocycles. The molecule has 1 aliphatic carbocycles. The number of rotatable bonds is 6. The summed E-state index contributed by atoms with van der Waals surface area (Å²) in [5.41, 5.74) is 1.10. The zero-order valence-electron chi connectivity index (χ0n) is 18.5. The molecular formula is C23H31N5O3. The van der Waals surface area contributed by atoms with Crippen molar-refractivity contribution < 1.29 is 14.4 Å². The van der Waals surface area contributed by atoms with Crippen LogP contribution >= 0.6 is 0 Å². The van der Waals surface area contributed by atoms with Crippen molar-refractivity contribution in [1.29, 1.82) is 0 Å². The highest BCUT2D eigenvalue weighted by Crippen LogP contribution is 2.46. The maximum absolute atomic E-state index is 13.1. The fourth-order valence-electron chi connectivity index (χ4n) is 5.51. The van der Waals surface area contributed by atoms with Crippen LogP contribution in [0.1, 0.15) is 46.5 Å². The molecule has 166 valence electrons. The van der Waals surface area contributed by atoms with Crippen LogP contribution in [0.5, 0.6) is 0 Å². The molecular weight excluding hydrogens is 394 g/mol. The lowest BCUT2D eigenvalue weighted by Crippen LogP contribution is -2.54. The van der Waals surface area contributed by atoms with Crippen LogP contribution in [0.3, 0.4) is 0 Å². The highest BCUT2D eigenvalue weighted by atomic mass is 16.2. The van der Waals surface area contributed by atoms with Crippen molar-refractivity contribution in [2.24, 2.45) is 11.3 Å². The van der Waals surface area contributed by atoms with Crippen molar-refractivity contribution in [3.8, 4) is 0 Å². The molecule has 2 atom stereocenters. The molecule has 2 aromatic rings. The molecule has 2 unspecified atom stereocenters. The van der Waals surface area contributed by atoms with Gasteiger partial charge in [-0.1, -0.05) is 32.9 Å². The van der Waals surface area contributed by atoms with Crippen LogP contribution < -0.4 is 10.6 Å². The molecule has 0 radical (unpaired) electrons. The maximum Gasteiger partial charge on any atom is 0.325 e. The Morgan fingerprint density at radius 1 is 1.26 bits per heavy atom. The minimum absolute atomic E-state index is 0.0314. The van der Waals surface area contributed by atoms with E-state index >= 15 is 0 Å². The van der Waals surface area contributed by atoms with Gasteiger partial charge >= 0.3 is 6.03 Å². The Bertz CT molecular complexity index is 1010. The summed E-state index contributed by atoms with van der Waals surface area (Å²) in [5, 5.41) is 5.74. The molecule has 4 amide bonds. The van der Waals surface area contributed by atoms with Crippen molar-refractivity contribution in [1.82, 2.24) is 25.1 Å². The van der Waals surface area contributed by atoms with Crippen LogP contribution in [-0.2, 0) is 16.1 Å². The van der Waals surface area contributed by atoms with E-state index in [1.54, 1.807) is 6.33 Å². The van der Waals surface area contributed by atoms with Gasteiger partial charge < -0.3 is 15.2 Å². The first kappa shape index (κ1) is 21.3. The Hall–Kier alpha value is -2.90. The summed E-state index contributed by atoms with van der Waals surface area (Å²) in [4.78, 5) is 43.5. The number of carbonyl (C=O) groups is 3. The average Bonchev–Trinajstić information content (AvgIpc) is 3.18. The largest absolute Gasteiger partial charge is 0.354 e. The van der Waals surface area contributed by atoms with Gasteiger partial charge in [0.15, 0.2) is 0 Å². The fraction of sp³-hybridized carbons (Fsp3) is 0.565. The van der Waals surface area contributed by atoms with E-state index < -0.39 is 11.6 Å². The molecule has 1 saturated carbocycles. The molecule has 31 heavy (non-hydrogen) atoms.